The van der Waals surface area contributed by atoms with Crippen molar-refractivity contribution in [1.82, 2.24) is 9.38 Å². The van der Waals surface area contributed by atoms with Gasteiger partial charge in [0.05, 0.1) is 11.8 Å². The molecule has 0 amide bonds. The molecule has 1 saturated heterocycles. The summed E-state index contributed by atoms with van der Waals surface area (Å²) in [6.45, 7) is 4.87. The number of thiazole rings is 1. The Hall–Kier alpha value is -1.11. The van der Waals surface area contributed by atoms with Gasteiger partial charge in [-0.2, -0.15) is 0 Å². The zero-order valence-corrected chi connectivity index (χ0v) is 12.9. The molecule has 20 heavy (non-hydrogen) atoms. The molecule has 2 atom stereocenters. The Morgan fingerprint density at radius 1 is 1.55 bits per heavy atom. The van der Waals surface area contributed by atoms with Crippen molar-refractivity contribution in [2.75, 3.05) is 31.6 Å². The highest BCUT2D eigenvalue weighted by Crippen LogP contribution is 2.29. The van der Waals surface area contributed by atoms with Gasteiger partial charge in [-0.25, -0.2) is 4.98 Å². The zero-order chi connectivity index (χ0) is 14.1. The molecule has 2 aromatic heterocycles. The number of rotatable bonds is 4. The van der Waals surface area contributed by atoms with Crippen molar-refractivity contribution in [3.63, 3.8) is 0 Å². The van der Waals surface area contributed by atoms with Crippen LogP contribution < -0.4 is 10.6 Å². The molecule has 3 rings (SSSR count). The maximum Gasteiger partial charge on any atom is 0.195 e. The second kappa shape index (κ2) is 5.71. The molecule has 0 radical (unpaired) electrons. The Balaban J connectivity index is 1.92. The molecule has 6 heteroatoms. The number of aromatic nitrogens is 2. The first-order chi connectivity index (χ1) is 9.74. The van der Waals surface area contributed by atoms with Gasteiger partial charge < -0.3 is 15.4 Å². The van der Waals surface area contributed by atoms with Crippen LogP contribution in [-0.2, 0) is 11.2 Å². The highest BCUT2D eigenvalue weighted by Gasteiger charge is 2.29. The van der Waals surface area contributed by atoms with Crippen LogP contribution in [0, 0.1) is 5.92 Å². The number of nitrogens with zero attached hydrogens (tertiary/aromatic N) is 3. The fourth-order valence-corrected chi connectivity index (χ4v) is 3.70. The molecule has 2 aromatic rings. The van der Waals surface area contributed by atoms with Crippen LogP contribution in [0.1, 0.15) is 19.0 Å². The van der Waals surface area contributed by atoms with Gasteiger partial charge in [0.15, 0.2) is 10.8 Å². The molecule has 5 nitrogen and oxygen atoms in total. The van der Waals surface area contributed by atoms with Gasteiger partial charge in [-0.15, -0.1) is 11.3 Å². The van der Waals surface area contributed by atoms with E-state index < -0.39 is 0 Å². The maximum absolute atomic E-state index is 5.77. The molecule has 1 fully saturated rings. The number of ether oxygens (including phenoxy) is 1. The summed E-state index contributed by atoms with van der Waals surface area (Å²) in [5.74, 6) is 1.70. The SMILES string of the molecule is COC1CN(c2nc3sccn3c2CCN)CCC1C. The van der Waals surface area contributed by atoms with Crippen LogP contribution in [-0.4, -0.2) is 42.2 Å². The molecule has 1 aliphatic heterocycles. The molecule has 0 aliphatic carbocycles. The second-order valence-corrected chi connectivity index (χ2v) is 6.34. The van der Waals surface area contributed by atoms with E-state index in [0.29, 0.717) is 12.5 Å². The van der Waals surface area contributed by atoms with E-state index in [0.717, 1.165) is 36.7 Å². The lowest BCUT2D eigenvalue weighted by Crippen LogP contribution is -2.44. The normalized spacial score (nSPS) is 23.6. The monoisotopic (exact) mass is 294 g/mol. The van der Waals surface area contributed by atoms with Gasteiger partial charge in [-0.3, -0.25) is 4.40 Å². The van der Waals surface area contributed by atoms with E-state index in [1.807, 2.05) is 0 Å². The summed E-state index contributed by atoms with van der Waals surface area (Å²) in [7, 11) is 1.80. The molecule has 0 bridgehead atoms. The van der Waals surface area contributed by atoms with Crippen LogP contribution in [0.25, 0.3) is 4.96 Å². The van der Waals surface area contributed by atoms with Gasteiger partial charge in [0.1, 0.15) is 0 Å². The summed E-state index contributed by atoms with van der Waals surface area (Å²) in [5, 5.41) is 2.07. The van der Waals surface area contributed by atoms with Gasteiger partial charge in [0.2, 0.25) is 0 Å². The molecule has 3 heterocycles. The van der Waals surface area contributed by atoms with Crippen LogP contribution in [0.15, 0.2) is 11.6 Å². The van der Waals surface area contributed by atoms with Crippen LogP contribution in [0.2, 0.25) is 0 Å². The van der Waals surface area contributed by atoms with E-state index in [1.165, 1.54) is 5.69 Å². The zero-order valence-electron chi connectivity index (χ0n) is 12.1. The Kier molecular flexibility index (Phi) is 3.96. The first kappa shape index (κ1) is 13.9. The molecule has 2 N–H and O–H groups in total. The lowest BCUT2D eigenvalue weighted by molar-refractivity contribution is 0.0496. The smallest absolute Gasteiger partial charge is 0.195 e. The molecular formula is C14H22N4OS. The summed E-state index contributed by atoms with van der Waals surface area (Å²) in [5.41, 5.74) is 7.00. The van der Waals surface area contributed by atoms with Crippen molar-refractivity contribution in [3.8, 4) is 0 Å². The van der Waals surface area contributed by atoms with Gasteiger partial charge >= 0.3 is 0 Å². The quantitative estimate of drug-likeness (QED) is 0.933. The molecule has 2 unspecified atom stereocenters. The van der Waals surface area contributed by atoms with Crippen molar-refractivity contribution >= 4 is 22.1 Å². The Bertz CT molecular complexity index is 579. The number of fused-ring (bicyclic) bond motifs is 1. The van der Waals surface area contributed by atoms with Gasteiger partial charge in [-0.1, -0.05) is 6.92 Å². The third-order valence-electron chi connectivity index (χ3n) is 4.21. The maximum atomic E-state index is 5.77. The summed E-state index contributed by atoms with van der Waals surface area (Å²) in [4.78, 5) is 8.22. The summed E-state index contributed by atoms with van der Waals surface area (Å²) in [6, 6.07) is 0. The number of nitrogens with two attached hydrogens (primary N) is 1. The van der Waals surface area contributed by atoms with E-state index in [9.17, 15) is 0 Å². The lowest BCUT2D eigenvalue weighted by Gasteiger charge is -2.36. The van der Waals surface area contributed by atoms with Crippen molar-refractivity contribution in [2.45, 2.75) is 25.9 Å². The highest BCUT2D eigenvalue weighted by molar-refractivity contribution is 7.15. The van der Waals surface area contributed by atoms with Gasteiger partial charge in [0, 0.05) is 38.2 Å². The average Bonchev–Trinajstić information content (AvgIpc) is 3.02. The van der Waals surface area contributed by atoms with E-state index in [-0.39, 0.29) is 6.10 Å². The van der Waals surface area contributed by atoms with Crippen LogP contribution >= 0.6 is 11.3 Å². The number of methoxy groups -OCH3 is 1. The molecular weight excluding hydrogens is 272 g/mol. The molecule has 0 spiro atoms. The Morgan fingerprint density at radius 3 is 3.15 bits per heavy atom. The van der Waals surface area contributed by atoms with Gasteiger partial charge in [-0.05, 0) is 18.9 Å². The topological polar surface area (TPSA) is 55.8 Å². The van der Waals surface area contributed by atoms with E-state index in [2.05, 4.69) is 27.8 Å². The molecule has 110 valence electrons. The average molecular weight is 294 g/mol. The van der Waals surface area contributed by atoms with Crippen LogP contribution in [0.5, 0.6) is 0 Å². The van der Waals surface area contributed by atoms with Crippen molar-refractivity contribution < 1.29 is 4.74 Å². The third-order valence-corrected chi connectivity index (χ3v) is 4.97. The number of anilines is 1. The van der Waals surface area contributed by atoms with Crippen molar-refractivity contribution in [2.24, 2.45) is 11.7 Å². The van der Waals surface area contributed by atoms with Crippen LogP contribution in [0.3, 0.4) is 0 Å². The second-order valence-electron chi connectivity index (χ2n) is 5.46. The fraction of sp³-hybridized carbons (Fsp3) is 0.643. The largest absolute Gasteiger partial charge is 0.379 e. The predicted octanol–water partition coefficient (Wildman–Crippen LogP) is 1.76. The Labute approximate surface area is 123 Å². The van der Waals surface area contributed by atoms with E-state index >= 15 is 0 Å². The highest BCUT2D eigenvalue weighted by atomic mass is 32.1. The molecule has 0 aromatic carbocycles. The first-order valence-electron chi connectivity index (χ1n) is 7.16. The summed E-state index contributed by atoms with van der Waals surface area (Å²) < 4.78 is 7.79. The standard InChI is InChI=1S/C14H22N4OS/c1-10-4-6-17(9-12(10)19-2)13-11(3-5-15)18-7-8-20-14(18)16-13/h7-8,10,12H,3-6,9,15H2,1-2H3. The first-order valence-corrected chi connectivity index (χ1v) is 8.04. The fourth-order valence-electron chi connectivity index (χ4n) is 2.98. The Morgan fingerprint density at radius 2 is 2.40 bits per heavy atom. The minimum Gasteiger partial charge on any atom is -0.379 e. The third kappa shape index (κ3) is 2.32. The van der Waals surface area contributed by atoms with E-state index in [4.69, 9.17) is 15.5 Å². The van der Waals surface area contributed by atoms with Crippen molar-refractivity contribution in [3.05, 3.63) is 17.3 Å². The number of piperidine rings is 1. The number of hydrogen-bond donors (Lipinski definition) is 1. The van der Waals surface area contributed by atoms with Gasteiger partial charge in [0.25, 0.3) is 0 Å². The number of imidazole rings is 1. The lowest BCUT2D eigenvalue weighted by atomic mass is 9.96. The van der Waals surface area contributed by atoms with E-state index in [1.54, 1.807) is 18.4 Å². The minimum absolute atomic E-state index is 0.286. The minimum atomic E-state index is 0.286. The van der Waals surface area contributed by atoms with Crippen LogP contribution in [0.4, 0.5) is 5.82 Å². The predicted molar refractivity (Wildman–Crippen MR) is 82.6 cm³/mol. The molecule has 0 saturated carbocycles. The molecule has 1 aliphatic rings. The number of hydrogen-bond acceptors (Lipinski definition) is 5. The summed E-state index contributed by atoms with van der Waals surface area (Å²) >= 11 is 1.67. The summed E-state index contributed by atoms with van der Waals surface area (Å²) in [6.07, 6.45) is 4.37. The van der Waals surface area contributed by atoms with Crippen molar-refractivity contribution in [1.29, 1.82) is 0 Å².